The van der Waals surface area contributed by atoms with Gasteiger partial charge in [0, 0.05) is 6.42 Å². The van der Waals surface area contributed by atoms with E-state index in [-0.39, 0.29) is 5.97 Å². The lowest BCUT2D eigenvalue weighted by molar-refractivity contribution is -0.138. The van der Waals surface area contributed by atoms with Gasteiger partial charge in [-0.3, -0.25) is 4.79 Å². The van der Waals surface area contributed by atoms with Gasteiger partial charge in [-0.2, -0.15) is 0 Å². The highest BCUT2D eigenvalue weighted by Crippen LogP contribution is 2.01. The SMILES string of the molecule is CCCCC(=O)OC=C(C)CC. The van der Waals surface area contributed by atoms with E-state index < -0.39 is 0 Å². The lowest BCUT2D eigenvalue weighted by Crippen LogP contribution is -1.99. The van der Waals surface area contributed by atoms with Gasteiger partial charge in [-0.05, 0) is 25.3 Å². The first-order valence-electron chi connectivity index (χ1n) is 4.55. The number of rotatable bonds is 5. The molecule has 0 aromatic heterocycles. The van der Waals surface area contributed by atoms with Gasteiger partial charge in [-0.1, -0.05) is 20.3 Å². The summed E-state index contributed by atoms with van der Waals surface area (Å²) in [5.74, 6) is -0.121. The largest absolute Gasteiger partial charge is 0.435 e. The van der Waals surface area contributed by atoms with E-state index in [4.69, 9.17) is 4.74 Å². The molecule has 0 fully saturated rings. The van der Waals surface area contributed by atoms with Crippen LogP contribution in [-0.4, -0.2) is 5.97 Å². The molecule has 0 atom stereocenters. The molecule has 2 nitrogen and oxygen atoms in total. The minimum absolute atomic E-state index is 0.121. The standard InChI is InChI=1S/C10H18O2/c1-4-6-7-10(11)12-8-9(3)5-2/h8H,4-7H2,1-3H3. The summed E-state index contributed by atoms with van der Waals surface area (Å²) in [7, 11) is 0. The van der Waals surface area contributed by atoms with E-state index >= 15 is 0 Å². The highest BCUT2D eigenvalue weighted by Gasteiger charge is 1.98. The molecule has 0 aromatic rings. The normalized spacial score (nSPS) is 11.4. The number of ether oxygens (including phenoxy) is 1. The molecular weight excluding hydrogens is 152 g/mol. The molecule has 12 heavy (non-hydrogen) atoms. The van der Waals surface area contributed by atoms with Gasteiger partial charge in [0.15, 0.2) is 0 Å². The lowest BCUT2D eigenvalue weighted by Gasteiger charge is -1.99. The Labute approximate surface area is 74.6 Å². The second-order valence-corrected chi connectivity index (χ2v) is 2.91. The van der Waals surface area contributed by atoms with Crippen LogP contribution in [0, 0.1) is 0 Å². The zero-order valence-corrected chi connectivity index (χ0v) is 8.22. The number of carbonyl (C=O) groups is 1. The maximum atomic E-state index is 11.0. The van der Waals surface area contributed by atoms with E-state index in [2.05, 4.69) is 6.92 Å². The Kier molecular flexibility index (Phi) is 6.44. The van der Waals surface area contributed by atoms with Crippen LogP contribution in [0.4, 0.5) is 0 Å². The average molecular weight is 170 g/mol. The zero-order valence-electron chi connectivity index (χ0n) is 8.22. The van der Waals surface area contributed by atoms with Gasteiger partial charge in [-0.25, -0.2) is 0 Å². The Balaban J connectivity index is 3.56. The van der Waals surface area contributed by atoms with Crippen molar-refractivity contribution >= 4 is 5.97 Å². The monoisotopic (exact) mass is 170 g/mol. The van der Waals surface area contributed by atoms with Crippen LogP contribution in [0.25, 0.3) is 0 Å². The second-order valence-electron chi connectivity index (χ2n) is 2.91. The molecule has 0 unspecified atom stereocenters. The molecule has 0 aliphatic rings. The minimum Gasteiger partial charge on any atom is -0.435 e. The van der Waals surface area contributed by atoms with Crippen LogP contribution in [0.15, 0.2) is 11.8 Å². The van der Waals surface area contributed by atoms with Crippen molar-refractivity contribution in [2.24, 2.45) is 0 Å². The maximum absolute atomic E-state index is 11.0. The van der Waals surface area contributed by atoms with Crippen LogP contribution in [0.5, 0.6) is 0 Å². The molecule has 0 bridgehead atoms. The van der Waals surface area contributed by atoms with Crippen LogP contribution in [0.2, 0.25) is 0 Å². The molecule has 0 aromatic carbocycles. The fourth-order valence-corrected chi connectivity index (χ4v) is 0.630. The highest BCUT2D eigenvalue weighted by atomic mass is 16.5. The van der Waals surface area contributed by atoms with E-state index in [0.717, 1.165) is 24.8 Å². The van der Waals surface area contributed by atoms with Crippen LogP contribution < -0.4 is 0 Å². The van der Waals surface area contributed by atoms with Crippen molar-refractivity contribution < 1.29 is 9.53 Å². The third kappa shape index (κ3) is 5.96. The Hall–Kier alpha value is -0.790. The van der Waals surface area contributed by atoms with Crippen molar-refractivity contribution in [3.63, 3.8) is 0 Å². The van der Waals surface area contributed by atoms with E-state index in [1.165, 1.54) is 0 Å². The van der Waals surface area contributed by atoms with E-state index in [9.17, 15) is 4.79 Å². The summed E-state index contributed by atoms with van der Waals surface area (Å²) in [5, 5.41) is 0. The van der Waals surface area contributed by atoms with Gasteiger partial charge in [0.05, 0.1) is 6.26 Å². The summed E-state index contributed by atoms with van der Waals surface area (Å²) in [6, 6.07) is 0. The summed E-state index contributed by atoms with van der Waals surface area (Å²) in [6.45, 7) is 6.04. The second kappa shape index (κ2) is 6.89. The first-order chi connectivity index (χ1) is 5.70. The van der Waals surface area contributed by atoms with Crippen molar-refractivity contribution in [2.45, 2.75) is 46.5 Å². The molecular formula is C10H18O2. The number of esters is 1. The molecule has 0 aliphatic carbocycles. The molecule has 0 spiro atoms. The topological polar surface area (TPSA) is 26.3 Å². The number of allylic oxidation sites excluding steroid dienone is 1. The molecule has 0 saturated heterocycles. The quantitative estimate of drug-likeness (QED) is 0.468. The zero-order chi connectivity index (χ0) is 9.40. The van der Waals surface area contributed by atoms with Crippen LogP contribution >= 0.6 is 0 Å². The van der Waals surface area contributed by atoms with Crippen molar-refractivity contribution in [1.29, 1.82) is 0 Å². The molecule has 0 radical (unpaired) electrons. The molecule has 0 N–H and O–H groups in total. The third-order valence-electron chi connectivity index (χ3n) is 1.68. The van der Waals surface area contributed by atoms with E-state index in [1.807, 2.05) is 13.8 Å². The van der Waals surface area contributed by atoms with Crippen molar-refractivity contribution in [3.05, 3.63) is 11.8 Å². The van der Waals surface area contributed by atoms with Gasteiger partial charge in [0.25, 0.3) is 0 Å². The Morgan fingerprint density at radius 3 is 2.58 bits per heavy atom. The number of hydrogen-bond donors (Lipinski definition) is 0. The Morgan fingerprint density at radius 2 is 2.08 bits per heavy atom. The predicted molar refractivity (Wildman–Crippen MR) is 49.7 cm³/mol. The third-order valence-corrected chi connectivity index (χ3v) is 1.68. The Morgan fingerprint density at radius 1 is 1.42 bits per heavy atom. The first kappa shape index (κ1) is 11.2. The van der Waals surface area contributed by atoms with E-state index in [1.54, 1.807) is 6.26 Å². The van der Waals surface area contributed by atoms with Crippen LogP contribution in [0.1, 0.15) is 46.5 Å². The summed E-state index contributed by atoms with van der Waals surface area (Å²) in [5.41, 5.74) is 1.10. The van der Waals surface area contributed by atoms with Gasteiger partial charge >= 0.3 is 5.97 Å². The average Bonchev–Trinajstić information content (AvgIpc) is 2.10. The summed E-state index contributed by atoms with van der Waals surface area (Å²) in [6.07, 6.45) is 4.96. The summed E-state index contributed by atoms with van der Waals surface area (Å²) in [4.78, 5) is 11.0. The van der Waals surface area contributed by atoms with Gasteiger partial charge < -0.3 is 4.74 Å². The Bertz CT molecular complexity index is 159. The first-order valence-corrected chi connectivity index (χ1v) is 4.55. The van der Waals surface area contributed by atoms with Crippen molar-refractivity contribution in [1.82, 2.24) is 0 Å². The molecule has 0 aliphatic heterocycles. The molecule has 0 rings (SSSR count). The fraction of sp³-hybridized carbons (Fsp3) is 0.700. The predicted octanol–water partition coefficient (Wildman–Crippen LogP) is 3.03. The smallest absolute Gasteiger partial charge is 0.310 e. The molecule has 0 saturated carbocycles. The van der Waals surface area contributed by atoms with Crippen LogP contribution in [0.3, 0.4) is 0 Å². The molecule has 0 heterocycles. The molecule has 0 amide bonds. The maximum Gasteiger partial charge on any atom is 0.310 e. The molecule has 70 valence electrons. The van der Waals surface area contributed by atoms with Crippen molar-refractivity contribution in [2.75, 3.05) is 0 Å². The summed E-state index contributed by atoms with van der Waals surface area (Å²) >= 11 is 0. The molecule has 2 heteroatoms. The van der Waals surface area contributed by atoms with E-state index in [0.29, 0.717) is 6.42 Å². The van der Waals surface area contributed by atoms with Gasteiger partial charge in [0.1, 0.15) is 0 Å². The lowest BCUT2D eigenvalue weighted by atomic mass is 10.2. The van der Waals surface area contributed by atoms with Gasteiger partial charge in [0.2, 0.25) is 0 Å². The number of carbonyl (C=O) groups excluding carboxylic acids is 1. The number of unbranched alkanes of at least 4 members (excludes halogenated alkanes) is 1. The number of hydrogen-bond acceptors (Lipinski definition) is 2. The van der Waals surface area contributed by atoms with Gasteiger partial charge in [-0.15, -0.1) is 0 Å². The fourth-order valence-electron chi connectivity index (χ4n) is 0.630. The minimum atomic E-state index is -0.121. The van der Waals surface area contributed by atoms with Crippen LogP contribution in [-0.2, 0) is 9.53 Å². The summed E-state index contributed by atoms with van der Waals surface area (Å²) < 4.78 is 4.90. The highest BCUT2D eigenvalue weighted by molar-refractivity contribution is 5.69. The van der Waals surface area contributed by atoms with Crippen molar-refractivity contribution in [3.8, 4) is 0 Å².